The summed E-state index contributed by atoms with van der Waals surface area (Å²) in [4.78, 5) is 24.3. The van der Waals surface area contributed by atoms with E-state index < -0.39 is 5.97 Å². The van der Waals surface area contributed by atoms with Gasteiger partial charge in [-0.3, -0.25) is 9.89 Å². The van der Waals surface area contributed by atoms with Crippen molar-refractivity contribution in [3.05, 3.63) is 93.4 Å². The first-order valence-corrected chi connectivity index (χ1v) is 13.1. The summed E-state index contributed by atoms with van der Waals surface area (Å²) in [6.45, 7) is 8.13. The first-order valence-electron chi connectivity index (χ1n) is 13.1. The Morgan fingerprint density at radius 1 is 1.00 bits per heavy atom. The smallest absolute Gasteiger partial charge is 0.335 e. The number of phenolic OH excluding ortho intramolecular Hbond substituents is 1. The third kappa shape index (κ3) is 6.55. The standard InChI is InChI=1S/C26H22N4O4.C4H11N.CH4/c1-15-23(25(32)30(29-15)20-12-11-16-5-2-6-17(16)14-20)28-27-22-10-4-9-21(24(22)31)18-7-3-8-19(13-18)26(33)34;1-3-5-4-2;/h3-4,7-14,29,31H,2,5-6H2,1H3,(H,33,34);5H,3-4H2,1-2H3;1H4. The molecule has 0 radical (unpaired) electrons. The minimum atomic E-state index is -1.06. The van der Waals surface area contributed by atoms with Gasteiger partial charge in [-0.2, -0.15) is 0 Å². The predicted octanol–water partition coefficient (Wildman–Crippen LogP) is 6.70. The number of carboxylic acid groups (broad SMARTS) is 1. The lowest BCUT2D eigenvalue weighted by atomic mass is 10.0. The van der Waals surface area contributed by atoms with Gasteiger partial charge in [0, 0.05) is 5.56 Å². The zero-order valence-electron chi connectivity index (χ0n) is 22.4. The fourth-order valence-corrected chi connectivity index (χ4v) is 4.55. The van der Waals surface area contributed by atoms with Crippen LogP contribution in [0.2, 0.25) is 0 Å². The summed E-state index contributed by atoms with van der Waals surface area (Å²) >= 11 is 0. The molecule has 0 fully saturated rings. The lowest BCUT2D eigenvalue weighted by Gasteiger charge is -2.07. The van der Waals surface area contributed by atoms with E-state index in [0.717, 1.165) is 38.0 Å². The highest BCUT2D eigenvalue weighted by Gasteiger charge is 2.16. The zero-order valence-corrected chi connectivity index (χ0v) is 22.4. The lowest BCUT2D eigenvalue weighted by Crippen LogP contribution is -2.14. The number of aromatic amines is 1. The molecule has 4 aromatic rings. The number of azo groups is 1. The number of phenols is 1. The van der Waals surface area contributed by atoms with Crippen LogP contribution in [0.3, 0.4) is 0 Å². The van der Waals surface area contributed by atoms with Crippen LogP contribution in [-0.4, -0.2) is 39.1 Å². The second-order valence-corrected chi connectivity index (χ2v) is 9.25. The molecule has 0 atom stereocenters. The number of aromatic nitrogens is 2. The van der Waals surface area contributed by atoms with Crippen molar-refractivity contribution in [1.29, 1.82) is 0 Å². The topological polar surface area (TPSA) is 132 Å². The van der Waals surface area contributed by atoms with E-state index in [1.807, 2.05) is 12.1 Å². The summed E-state index contributed by atoms with van der Waals surface area (Å²) < 4.78 is 1.45. The molecule has 0 amide bonds. The highest BCUT2D eigenvalue weighted by atomic mass is 16.4. The number of para-hydroxylation sites is 1. The molecular weight excluding hydrogens is 506 g/mol. The number of H-pyrrole nitrogens is 1. The number of aromatic hydroxyl groups is 1. The molecule has 0 aliphatic heterocycles. The van der Waals surface area contributed by atoms with Gasteiger partial charge in [-0.1, -0.05) is 51.6 Å². The maximum Gasteiger partial charge on any atom is 0.335 e. The number of rotatable bonds is 7. The fraction of sp³-hybridized carbons (Fsp3) is 0.290. The quantitative estimate of drug-likeness (QED) is 0.193. The van der Waals surface area contributed by atoms with Gasteiger partial charge in [-0.15, -0.1) is 10.2 Å². The highest BCUT2D eigenvalue weighted by molar-refractivity contribution is 5.90. The van der Waals surface area contributed by atoms with Gasteiger partial charge in [-0.25, -0.2) is 9.48 Å². The molecule has 1 aliphatic rings. The van der Waals surface area contributed by atoms with E-state index >= 15 is 0 Å². The van der Waals surface area contributed by atoms with Gasteiger partial charge in [0.25, 0.3) is 5.56 Å². The molecule has 210 valence electrons. The first kappa shape index (κ1) is 30.0. The van der Waals surface area contributed by atoms with Gasteiger partial charge in [0.2, 0.25) is 0 Å². The summed E-state index contributed by atoms with van der Waals surface area (Å²) in [5.41, 5.74) is 4.94. The van der Waals surface area contributed by atoms with Crippen LogP contribution in [0.5, 0.6) is 5.75 Å². The average molecular weight is 544 g/mol. The Labute approximate surface area is 234 Å². The van der Waals surface area contributed by atoms with Crippen molar-refractivity contribution in [1.82, 2.24) is 15.1 Å². The molecule has 1 heterocycles. The van der Waals surface area contributed by atoms with Crippen LogP contribution in [0.15, 0.2) is 75.7 Å². The highest BCUT2D eigenvalue weighted by Crippen LogP contribution is 2.38. The van der Waals surface area contributed by atoms with Crippen molar-refractivity contribution >= 4 is 17.3 Å². The average Bonchev–Trinajstić information content (AvgIpc) is 3.52. The van der Waals surface area contributed by atoms with Crippen LogP contribution >= 0.6 is 0 Å². The summed E-state index contributed by atoms with van der Waals surface area (Å²) in [6.07, 6.45) is 3.20. The molecule has 9 heteroatoms. The second kappa shape index (κ2) is 13.5. The van der Waals surface area contributed by atoms with Crippen molar-refractivity contribution in [2.45, 2.75) is 47.5 Å². The Hall–Kier alpha value is -4.50. The van der Waals surface area contributed by atoms with E-state index in [0.29, 0.717) is 16.8 Å². The Balaban J connectivity index is 0.000000677. The van der Waals surface area contributed by atoms with Crippen molar-refractivity contribution in [3.8, 4) is 22.6 Å². The van der Waals surface area contributed by atoms with Crippen molar-refractivity contribution in [3.63, 3.8) is 0 Å². The monoisotopic (exact) mass is 543 g/mol. The van der Waals surface area contributed by atoms with Crippen LogP contribution in [-0.2, 0) is 12.8 Å². The van der Waals surface area contributed by atoms with Gasteiger partial charge in [0.05, 0.1) is 16.9 Å². The van der Waals surface area contributed by atoms with Crippen LogP contribution < -0.4 is 10.9 Å². The molecule has 0 bridgehead atoms. The van der Waals surface area contributed by atoms with Gasteiger partial charge in [-0.05, 0) is 86.3 Å². The van der Waals surface area contributed by atoms with Gasteiger partial charge in [0.1, 0.15) is 5.69 Å². The van der Waals surface area contributed by atoms with Crippen LogP contribution in [0.25, 0.3) is 16.8 Å². The number of fused-ring (bicyclic) bond motifs is 1. The van der Waals surface area contributed by atoms with Crippen LogP contribution in [0.1, 0.15) is 54.9 Å². The Morgan fingerprint density at radius 2 is 1.73 bits per heavy atom. The number of aromatic carboxylic acids is 1. The largest absolute Gasteiger partial charge is 0.505 e. The SMILES string of the molecule is C.CCNCC.Cc1[nH]n(-c2ccc3c(c2)CCC3)c(=O)c1N=Nc1cccc(-c2cccc(C(=O)O)c2)c1O. The molecule has 1 aromatic heterocycles. The van der Waals surface area contributed by atoms with Gasteiger partial charge >= 0.3 is 5.97 Å². The minimum Gasteiger partial charge on any atom is -0.505 e. The molecule has 0 unspecified atom stereocenters. The van der Waals surface area contributed by atoms with E-state index in [4.69, 9.17) is 0 Å². The number of aryl methyl sites for hydroxylation is 3. The molecule has 3 aromatic carbocycles. The molecular formula is C31H37N5O4. The number of hydrogen-bond acceptors (Lipinski definition) is 6. The molecule has 5 rings (SSSR count). The molecule has 0 saturated carbocycles. The fourth-order valence-electron chi connectivity index (χ4n) is 4.55. The molecule has 40 heavy (non-hydrogen) atoms. The van der Waals surface area contributed by atoms with Crippen LogP contribution in [0, 0.1) is 6.92 Å². The van der Waals surface area contributed by atoms with E-state index in [-0.39, 0.29) is 35.7 Å². The molecule has 4 N–H and O–H groups in total. The number of hydrogen-bond donors (Lipinski definition) is 4. The first-order chi connectivity index (χ1) is 18.8. The molecule has 0 saturated heterocycles. The molecule has 0 spiro atoms. The Bertz CT molecular complexity index is 1570. The summed E-state index contributed by atoms with van der Waals surface area (Å²) in [6, 6.07) is 17.2. The third-order valence-electron chi connectivity index (χ3n) is 6.57. The maximum absolute atomic E-state index is 13.0. The lowest BCUT2D eigenvalue weighted by molar-refractivity contribution is 0.0697. The van der Waals surface area contributed by atoms with Crippen molar-refractivity contribution in [2.24, 2.45) is 10.2 Å². The Morgan fingerprint density at radius 3 is 2.42 bits per heavy atom. The van der Waals surface area contributed by atoms with Crippen molar-refractivity contribution in [2.75, 3.05) is 13.1 Å². The summed E-state index contributed by atoms with van der Waals surface area (Å²) in [5, 5.41) is 34.5. The van der Waals surface area contributed by atoms with Crippen molar-refractivity contribution < 1.29 is 15.0 Å². The van der Waals surface area contributed by atoms with E-state index in [9.17, 15) is 19.8 Å². The van der Waals surface area contributed by atoms with E-state index in [1.165, 1.54) is 27.9 Å². The summed E-state index contributed by atoms with van der Waals surface area (Å²) in [5.74, 6) is -1.21. The summed E-state index contributed by atoms with van der Waals surface area (Å²) in [7, 11) is 0. The predicted molar refractivity (Wildman–Crippen MR) is 159 cm³/mol. The number of nitrogens with zero attached hydrogens (tertiary/aromatic N) is 3. The normalized spacial score (nSPS) is 12.0. The zero-order chi connectivity index (χ0) is 27.9. The number of benzene rings is 3. The van der Waals surface area contributed by atoms with Crippen LogP contribution in [0.4, 0.5) is 11.4 Å². The molecule has 9 nitrogen and oxygen atoms in total. The number of nitrogens with one attached hydrogen (secondary N) is 2. The maximum atomic E-state index is 13.0. The van der Waals surface area contributed by atoms with E-state index in [1.54, 1.807) is 37.3 Å². The van der Waals surface area contributed by atoms with Gasteiger partial charge < -0.3 is 15.5 Å². The van der Waals surface area contributed by atoms with Gasteiger partial charge in [0.15, 0.2) is 11.4 Å². The molecule has 1 aliphatic carbocycles. The minimum absolute atomic E-state index is 0. The Kier molecular flexibility index (Phi) is 10.2. The second-order valence-electron chi connectivity index (χ2n) is 9.25. The third-order valence-corrected chi connectivity index (χ3v) is 6.57. The number of carbonyl (C=O) groups is 1. The number of carboxylic acids is 1. The van der Waals surface area contributed by atoms with E-state index in [2.05, 4.69) is 40.6 Å².